The Morgan fingerprint density at radius 1 is 0.917 bits per heavy atom. The fourth-order valence-corrected chi connectivity index (χ4v) is 9.81. The van der Waals surface area contributed by atoms with Gasteiger partial charge in [0.05, 0.1) is 0 Å². The summed E-state index contributed by atoms with van der Waals surface area (Å²) in [6.07, 6.45) is 9.73. The molecule has 0 aromatic heterocycles. The topological polar surface area (TPSA) is 0 Å². The summed E-state index contributed by atoms with van der Waals surface area (Å²) in [7, 11) is 0. The van der Waals surface area contributed by atoms with Crippen molar-refractivity contribution in [1.82, 2.24) is 0 Å². The quantitative estimate of drug-likeness (QED) is 0.450. The van der Waals surface area contributed by atoms with Gasteiger partial charge in [-0.1, -0.05) is 0 Å². The van der Waals surface area contributed by atoms with Crippen LogP contribution in [0.15, 0.2) is 0 Å². The Labute approximate surface area is 94.7 Å². The van der Waals surface area contributed by atoms with Gasteiger partial charge in [-0.2, -0.15) is 0 Å². The van der Waals surface area contributed by atoms with Gasteiger partial charge >= 0.3 is 95.5 Å². The van der Waals surface area contributed by atoms with E-state index in [1.165, 1.54) is 17.8 Å². The van der Waals surface area contributed by atoms with E-state index in [9.17, 15) is 0 Å². The molecule has 0 nitrogen and oxygen atoms in total. The Morgan fingerprint density at radius 2 is 1.33 bits per heavy atom. The van der Waals surface area contributed by atoms with Crippen molar-refractivity contribution in [2.24, 2.45) is 17.8 Å². The predicted molar refractivity (Wildman–Crippen MR) is 54.9 cm³/mol. The summed E-state index contributed by atoms with van der Waals surface area (Å²) in [5.74, 6) is 3.52. The number of alkyl halides is 1. The van der Waals surface area contributed by atoms with Crippen molar-refractivity contribution in [3.8, 4) is 0 Å². The summed E-state index contributed by atoms with van der Waals surface area (Å²) >= 11 is 3.24. The number of halogens is 2. The number of hydrogen-bond donors (Lipinski definition) is 0. The molecule has 4 bridgehead atoms. The molecule has 4 fully saturated rings. The molecule has 70 valence electrons. The molecule has 0 spiro atoms. The van der Waals surface area contributed by atoms with Gasteiger partial charge in [0.2, 0.25) is 0 Å². The fourth-order valence-electron chi connectivity index (χ4n) is 4.09. The molecular weight excluding hydrogens is 374 g/mol. The van der Waals surface area contributed by atoms with Gasteiger partial charge in [-0.15, -0.1) is 0 Å². The van der Waals surface area contributed by atoms with Gasteiger partial charge in [0.15, 0.2) is 0 Å². The molecule has 0 aromatic carbocycles. The summed E-state index contributed by atoms with van der Waals surface area (Å²) in [6.45, 7) is 0. The summed E-state index contributed by atoms with van der Waals surface area (Å²) in [5, 5.41) is 0. The Kier molecular flexibility index (Phi) is 2.17. The molecule has 0 aliphatic heterocycles. The monoisotopic (exact) mass is 389 g/mol. The molecule has 0 N–H and O–H groups in total. The second-order valence-corrected chi connectivity index (χ2v) is 10.6. The van der Waals surface area contributed by atoms with E-state index >= 15 is 0 Å². The van der Waals surface area contributed by atoms with Gasteiger partial charge < -0.3 is 0 Å². The molecule has 4 rings (SSSR count). The van der Waals surface area contributed by atoms with Crippen molar-refractivity contribution < 1.29 is 17.2 Å². The zero-order valence-electron chi connectivity index (χ0n) is 7.23. The van der Waals surface area contributed by atoms with Gasteiger partial charge in [0.1, 0.15) is 0 Å². The third-order valence-electron chi connectivity index (χ3n) is 4.12. The van der Waals surface area contributed by atoms with Crippen LogP contribution in [-0.4, -0.2) is 3.42 Å². The second-order valence-electron chi connectivity index (χ2n) is 5.14. The van der Waals surface area contributed by atoms with Crippen LogP contribution >= 0.6 is 18.6 Å². The molecule has 0 heterocycles. The molecule has 0 radical (unpaired) electrons. The Hall–Kier alpha value is 1.46. The van der Waals surface area contributed by atoms with Crippen molar-refractivity contribution in [2.75, 3.05) is 0 Å². The van der Waals surface area contributed by atoms with Crippen LogP contribution in [0.2, 0.25) is 0 Å². The van der Waals surface area contributed by atoms with Crippen LogP contribution in [0.5, 0.6) is 0 Å². The first-order valence-electron chi connectivity index (χ1n) is 5.07. The Bertz CT molecular complexity index is 165. The minimum absolute atomic E-state index is 0.497. The van der Waals surface area contributed by atoms with Crippen LogP contribution in [-0.2, 0) is 0 Å². The first-order valence-corrected chi connectivity index (χ1v) is 12.4. The van der Waals surface area contributed by atoms with Crippen LogP contribution in [0.25, 0.3) is 0 Å². The zero-order chi connectivity index (χ0) is 8.18. The van der Waals surface area contributed by atoms with Gasteiger partial charge in [0.25, 0.3) is 0 Å². The Balaban J connectivity index is 1.90. The van der Waals surface area contributed by atoms with Gasteiger partial charge in [-0.05, 0) is 0 Å². The predicted octanol–water partition coefficient (Wildman–Crippen LogP) is 0.394. The maximum absolute atomic E-state index is 2.74. The molecule has 0 saturated heterocycles. The average Bonchev–Trinajstić information content (AvgIpc) is 2.02. The van der Waals surface area contributed by atoms with E-state index in [1.807, 2.05) is 0 Å². The molecular formula is C10H15I2-. The van der Waals surface area contributed by atoms with Crippen LogP contribution < -0.4 is 17.2 Å². The van der Waals surface area contributed by atoms with Crippen molar-refractivity contribution in [3.05, 3.63) is 0 Å². The third kappa shape index (κ3) is 1.27. The van der Waals surface area contributed by atoms with E-state index in [4.69, 9.17) is 0 Å². The normalized spacial score (nSPS) is 56.6. The molecule has 0 aromatic rings. The molecule has 0 unspecified atom stereocenters. The van der Waals surface area contributed by atoms with Crippen LogP contribution in [0.3, 0.4) is 0 Å². The Morgan fingerprint density at radius 3 is 1.67 bits per heavy atom. The van der Waals surface area contributed by atoms with Crippen molar-refractivity contribution in [2.45, 2.75) is 41.9 Å². The van der Waals surface area contributed by atoms with Gasteiger partial charge in [0, 0.05) is 0 Å². The maximum atomic E-state index is 2.74. The summed E-state index contributed by atoms with van der Waals surface area (Å²) < 4.78 is 0.939. The van der Waals surface area contributed by atoms with E-state index in [1.54, 1.807) is 38.5 Å². The molecule has 12 heavy (non-hydrogen) atoms. The minimum atomic E-state index is 0.497. The fraction of sp³-hybridized carbons (Fsp3) is 1.00. The van der Waals surface area contributed by atoms with E-state index in [2.05, 4.69) is 18.6 Å². The summed E-state index contributed by atoms with van der Waals surface area (Å²) in [4.78, 5) is 0. The third-order valence-corrected chi connectivity index (χ3v) is 12.1. The molecule has 2 heteroatoms. The van der Waals surface area contributed by atoms with Crippen molar-refractivity contribution >= 4 is 18.6 Å². The zero-order valence-corrected chi connectivity index (χ0v) is 11.5. The number of rotatable bonds is 1. The van der Waals surface area contributed by atoms with Crippen LogP contribution in [0.1, 0.15) is 38.5 Å². The van der Waals surface area contributed by atoms with Crippen LogP contribution in [0, 0.1) is 17.8 Å². The molecule has 4 aliphatic rings. The van der Waals surface area contributed by atoms with Gasteiger partial charge in [-0.25, -0.2) is 0 Å². The molecule has 0 amide bonds. The van der Waals surface area contributed by atoms with E-state index in [0.717, 1.165) is 3.42 Å². The average molecular weight is 389 g/mol. The summed E-state index contributed by atoms with van der Waals surface area (Å²) in [6, 6.07) is 0. The van der Waals surface area contributed by atoms with E-state index < -0.39 is 0 Å². The second kappa shape index (κ2) is 2.97. The van der Waals surface area contributed by atoms with Crippen molar-refractivity contribution in [3.63, 3.8) is 0 Å². The van der Waals surface area contributed by atoms with E-state index in [-0.39, 0.29) is 0 Å². The SMILES string of the molecule is I[I-]C12CC3CC(CC(C3)C1)C2. The summed E-state index contributed by atoms with van der Waals surface area (Å²) in [5.41, 5.74) is 0. The standard InChI is InChI=1S/C10H15I2/c11-12-10-4-7-1-8(5-10)3-9(2-7)6-10/h7-9H,1-6H2/q-1. The van der Waals surface area contributed by atoms with Crippen molar-refractivity contribution in [1.29, 1.82) is 0 Å². The van der Waals surface area contributed by atoms with Crippen LogP contribution in [0.4, 0.5) is 0 Å². The van der Waals surface area contributed by atoms with E-state index in [0.29, 0.717) is 17.2 Å². The first-order chi connectivity index (χ1) is 5.80. The van der Waals surface area contributed by atoms with Gasteiger partial charge in [-0.3, -0.25) is 0 Å². The molecule has 0 atom stereocenters. The number of hydrogen-bond acceptors (Lipinski definition) is 0. The molecule has 4 aliphatic carbocycles. The first kappa shape index (κ1) is 8.74. The molecule has 4 saturated carbocycles.